The Hall–Kier alpha value is -0.890. The van der Waals surface area contributed by atoms with Gasteiger partial charge in [-0.1, -0.05) is 30.3 Å². The lowest BCUT2D eigenvalue weighted by Crippen LogP contribution is -1.98. The first-order valence-corrected chi connectivity index (χ1v) is 2.30. The number of hydrogen-bond donors (Lipinski definition) is 1. The second-order valence-electron chi connectivity index (χ2n) is 1.34. The Bertz CT molecular complexity index is 380. The fourth-order valence-corrected chi connectivity index (χ4v) is 0.422. The number of rotatable bonds is 2. The Kier molecular flexibility index (Phi) is 0.732. The summed E-state index contributed by atoms with van der Waals surface area (Å²) in [4.78, 5) is 0. The van der Waals surface area contributed by atoms with Crippen molar-refractivity contribution in [2.45, 2.75) is 6.50 Å². The average molecular weight is 131 g/mol. The number of benzene rings is 1. The molecular weight excluding hydrogens is 117 g/mol. The van der Waals surface area contributed by atoms with Crippen molar-refractivity contribution in [2.75, 3.05) is 0 Å². The lowest BCUT2D eigenvalue weighted by molar-refractivity contribution is 0.330. The van der Waals surface area contributed by atoms with Gasteiger partial charge in [0.05, 0.1) is 13.4 Å². The summed E-state index contributed by atoms with van der Waals surface area (Å²) in [6.07, 6.45) is 0. The Morgan fingerprint density at radius 3 is 3.56 bits per heavy atom. The molecule has 48 valence electrons. The third-order valence-corrected chi connectivity index (χ3v) is 0.765. The van der Waals surface area contributed by atoms with Gasteiger partial charge in [0, 0.05) is 0 Å². The van der Waals surface area contributed by atoms with Crippen LogP contribution in [0.25, 0.3) is 0 Å². The Balaban J connectivity index is 3.34. The van der Waals surface area contributed by atoms with Gasteiger partial charge < -0.3 is 0 Å². The van der Waals surface area contributed by atoms with Crippen LogP contribution in [0, 0.1) is 0 Å². The molecule has 0 aliphatic heterocycles. The smallest absolute Gasteiger partial charge is 0.155 e. The predicted octanol–water partition coefficient (Wildman–Crippen LogP) is 1.66. The normalized spacial score (nSPS) is 21.1. The topological polar surface area (TPSA) is 12.0 Å². The van der Waals surface area contributed by atoms with Crippen LogP contribution < -0.4 is 5.53 Å². The van der Waals surface area contributed by atoms with E-state index in [0.29, 0.717) is 0 Å². The maximum absolute atomic E-state index is 12.5. The first kappa shape index (κ1) is 2.06. The molecule has 2 heteroatoms. The van der Waals surface area contributed by atoms with Gasteiger partial charge >= 0.3 is 0 Å². The number of nitrogens with one attached hydrogen (secondary N) is 1. The highest BCUT2D eigenvalue weighted by Crippen LogP contribution is 1.96. The Morgan fingerprint density at radius 1 is 1.89 bits per heavy atom. The molecule has 0 aromatic heterocycles. The van der Waals surface area contributed by atoms with Gasteiger partial charge in [0.25, 0.3) is 0 Å². The van der Waals surface area contributed by atoms with Crippen molar-refractivity contribution in [1.82, 2.24) is 5.53 Å². The maximum atomic E-state index is 12.5. The van der Waals surface area contributed by atoms with Crippen molar-refractivity contribution < 1.29 is 12.7 Å². The molecule has 0 saturated carbocycles. The van der Waals surface area contributed by atoms with Crippen molar-refractivity contribution in [3.05, 3.63) is 35.8 Å². The Morgan fingerprint density at radius 2 is 2.78 bits per heavy atom. The van der Waals surface area contributed by atoms with Gasteiger partial charge in [-0.25, -0.2) is 0 Å². The molecule has 0 amide bonds. The molecule has 0 atom stereocenters. The van der Waals surface area contributed by atoms with E-state index in [1.54, 1.807) is 0 Å². The van der Waals surface area contributed by atoms with Crippen LogP contribution in [0.3, 0.4) is 0 Å². The molecule has 0 aliphatic carbocycles. The highest BCUT2D eigenvalue weighted by Gasteiger charge is 1.85. The minimum absolute atomic E-state index is 0.241. The maximum Gasteiger partial charge on any atom is 0.161 e. The van der Waals surface area contributed by atoms with Crippen molar-refractivity contribution >= 4 is 0 Å². The van der Waals surface area contributed by atoms with Crippen LogP contribution in [0.2, 0.25) is 1.41 Å². The summed E-state index contributed by atoms with van der Waals surface area (Å²) in [5.74, 6) is 0. The van der Waals surface area contributed by atoms with Crippen LogP contribution in [0.15, 0.2) is 30.3 Å². The third-order valence-electron chi connectivity index (χ3n) is 0.765. The van der Waals surface area contributed by atoms with E-state index in [1.165, 1.54) is 0 Å². The molecule has 1 N–H and O–H groups in total. The van der Waals surface area contributed by atoms with Gasteiger partial charge in [0.15, 0.2) is 1.41 Å². The zero-order chi connectivity index (χ0) is 11.8. The van der Waals surface area contributed by atoms with Gasteiger partial charge in [-0.05, 0) is 5.56 Å². The molecule has 0 saturated heterocycles. The first-order valence-electron chi connectivity index (χ1n) is 5.25. The van der Waals surface area contributed by atoms with Crippen LogP contribution in [-0.2, 0) is 6.50 Å². The SMILES string of the molecule is [2H]c1ccc(C([2H])([2H])N([2H])F)c([2H])c1[2H]. The Labute approximate surface area is 61.9 Å². The molecule has 1 aromatic rings. The van der Waals surface area contributed by atoms with Gasteiger partial charge in [-0.15, -0.1) is 4.48 Å². The van der Waals surface area contributed by atoms with Crippen molar-refractivity contribution in [3.8, 4) is 0 Å². The largest absolute Gasteiger partial charge is 0.161 e. The van der Waals surface area contributed by atoms with Gasteiger partial charge in [-0.2, -0.15) is 5.53 Å². The quantitative estimate of drug-likeness (QED) is 0.602. The van der Waals surface area contributed by atoms with Crippen molar-refractivity contribution in [1.29, 1.82) is 0 Å². The lowest BCUT2D eigenvalue weighted by Gasteiger charge is -1.93. The van der Waals surface area contributed by atoms with E-state index >= 15 is 0 Å². The third kappa shape index (κ3) is 1.82. The highest BCUT2D eigenvalue weighted by atomic mass is 19.2. The minimum Gasteiger partial charge on any atom is -0.155 e. The molecule has 1 nitrogen and oxygen atoms in total. The summed E-state index contributed by atoms with van der Waals surface area (Å²) in [7, 11) is 0. The first-order chi connectivity index (χ1) is 6.78. The second kappa shape index (κ2) is 3.20. The molecule has 0 aliphatic rings. The molecule has 0 bridgehead atoms. The van der Waals surface area contributed by atoms with E-state index in [9.17, 15) is 4.48 Å². The summed E-state index contributed by atoms with van der Waals surface area (Å²) in [5, 5.41) is 0. The molecule has 0 spiro atoms. The van der Waals surface area contributed by atoms with Gasteiger partial charge in [0.1, 0.15) is 0 Å². The molecule has 0 fully saturated rings. The fraction of sp³-hybridized carbons (Fsp3) is 0.143. The number of hydrogen-bond acceptors (Lipinski definition) is 1. The van der Waals surface area contributed by atoms with E-state index in [-0.39, 0.29) is 6.04 Å². The molecule has 1 aromatic carbocycles. The minimum atomic E-state index is -2.79. The van der Waals surface area contributed by atoms with E-state index in [2.05, 4.69) is 0 Å². The van der Waals surface area contributed by atoms with Gasteiger partial charge in [-0.3, -0.25) is 0 Å². The van der Waals surface area contributed by atoms with E-state index in [4.69, 9.17) is 8.27 Å². The summed E-state index contributed by atoms with van der Waals surface area (Å²) in [5.41, 5.74) is -1.36. The van der Waals surface area contributed by atoms with Crippen LogP contribution in [0.4, 0.5) is 4.48 Å². The highest BCUT2D eigenvalue weighted by molar-refractivity contribution is 5.13. The van der Waals surface area contributed by atoms with E-state index < -0.39 is 29.7 Å². The van der Waals surface area contributed by atoms with Crippen molar-refractivity contribution in [2.24, 2.45) is 0 Å². The monoisotopic (exact) mass is 131 g/mol. The van der Waals surface area contributed by atoms with Crippen molar-refractivity contribution in [3.63, 3.8) is 0 Å². The van der Waals surface area contributed by atoms with Crippen LogP contribution in [-0.4, -0.2) is 0 Å². The summed E-state index contributed by atoms with van der Waals surface area (Å²) in [6.45, 7) is -2.79. The van der Waals surface area contributed by atoms with Crippen LogP contribution in [0.5, 0.6) is 0 Å². The standard InChI is InChI=1S/C7H8FN/c8-9-6-7-4-2-1-3-5-7/h1-5,9H,6H2/i1D,2D,4D,6D2/hD. The predicted molar refractivity (Wildman–Crippen MR) is 34.4 cm³/mol. The average Bonchev–Trinajstić information content (AvgIpc) is 2.13. The van der Waals surface area contributed by atoms with Crippen LogP contribution >= 0.6 is 0 Å². The molecular formula is C7H8FN. The lowest BCUT2D eigenvalue weighted by atomic mass is 10.2. The summed E-state index contributed by atoms with van der Waals surface area (Å²) >= 11 is 0. The van der Waals surface area contributed by atoms with Gasteiger partial charge in [0.2, 0.25) is 0 Å². The fourth-order valence-electron chi connectivity index (χ4n) is 0.422. The summed E-state index contributed by atoms with van der Waals surface area (Å²) in [6, 6.07) is 0.816. The summed E-state index contributed by atoms with van der Waals surface area (Å²) < 4.78 is 55.2. The van der Waals surface area contributed by atoms with Crippen LogP contribution in [0.1, 0.15) is 12.4 Å². The molecule has 9 heavy (non-hydrogen) atoms. The molecule has 0 heterocycles. The molecule has 1 rings (SSSR count). The molecule has 0 radical (unpaired) electrons. The zero-order valence-corrected chi connectivity index (χ0v) is 4.48. The molecule has 0 unspecified atom stereocenters. The number of halogens is 1. The van der Waals surface area contributed by atoms with E-state index in [1.807, 2.05) is 0 Å². The zero-order valence-electron chi connectivity index (χ0n) is 10.5. The van der Waals surface area contributed by atoms with E-state index in [0.717, 1.165) is 12.1 Å². The second-order valence-corrected chi connectivity index (χ2v) is 1.34.